The molecule has 1 unspecified atom stereocenters. The Morgan fingerprint density at radius 2 is 1.87 bits per heavy atom. The highest BCUT2D eigenvalue weighted by Crippen LogP contribution is 2.27. The zero-order valence-corrected chi connectivity index (χ0v) is 17.8. The molecule has 0 aromatic heterocycles. The van der Waals surface area contributed by atoms with Crippen molar-refractivity contribution in [3.63, 3.8) is 0 Å². The van der Waals surface area contributed by atoms with Crippen LogP contribution in [-0.4, -0.2) is 68.5 Å². The molecule has 9 nitrogen and oxygen atoms in total. The first-order valence-electron chi connectivity index (χ1n) is 10.4. The zero-order valence-electron chi connectivity index (χ0n) is 17.0. The fourth-order valence-electron chi connectivity index (χ4n) is 3.87. The molecule has 1 aromatic rings. The summed E-state index contributed by atoms with van der Waals surface area (Å²) >= 11 is 0. The Kier molecular flexibility index (Phi) is 7.45. The molecule has 2 saturated heterocycles. The molecule has 1 aromatic carbocycles. The van der Waals surface area contributed by atoms with Gasteiger partial charge in [-0.25, -0.2) is 8.42 Å². The number of aliphatic hydroxyl groups is 1. The predicted octanol–water partition coefficient (Wildman–Crippen LogP) is 0.0400. The van der Waals surface area contributed by atoms with E-state index in [0.29, 0.717) is 45.4 Å². The maximum atomic E-state index is 12.9. The van der Waals surface area contributed by atoms with E-state index < -0.39 is 22.0 Å². The number of benzene rings is 1. The van der Waals surface area contributed by atoms with Crippen molar-refractivity contribution in [2.75, 3.05) is 37.6 Å². The molecule has 2 aliphatic heterocycles. The van der Waals surface area contributed by atoms with E-state index in [0.717, 1.165) is 12.1 Å². The van der Waals surface area contributed by atoms with Gasteiger partial charge in [0.15, 0.2) is 0 Å². The molecule has 4 N–H and O–H groups in total. The van der Waals surface area contributed by atoms with Crippen molar-refractivity contribution in [2.45, 2.75) is 43.1 Å². The molecule has 2 fully saturated rings. The van der Waals surface area contributed by atoms with Crippen LogP contribution in [0.4, 0.5) is 5.69 Å². The second-order valence-electron chi connectivity index (χ2n) is 7.83. The van der Waals surface area contributed by atoms with E-state index in [1.165, 1.54) is 4.31 Å². The number of hydrogen-bond acceptors (Lipinski definition) is 6. The van der Waals surface area contributed by atoms with Crippen LogP contribution in [0, 0.1) is 5.92 Å². The number of carbonyl (C=O) groups is 2. The van der Waals surface area contributed by atoms with Crippen LogP contribution in [0.25, 0.3) is 0 Å². The first-order valence-corrected chi connectivity index (χ1v) is 11.8. The Hall–Kier alpha value is -2.01. The van der Waals surface area contributed by atoms with Gasteiger partial charge in [0, 0.05) is 38.3 Å². The molecule has 0 spiro atoms. The maximum absolute atomic E-state index is 12.9. The van der Waals surface area contributed by atoms with Crippen LogP contribution in [0.1, 0.15) is 32.1 Å². The van der Waals surface area contributed by atoms with Gasteiger partial charge in [-0.05, 0) is 62.4 Å². The van der Waals surface area contributed by atoms with Gasteiger partial charge in [0.2, 0.25) is 21.8 Å². The summed E-state index contributed by atoms with van der Waals surface area (Å²) in [5, 5.41) is 12.3. The number of anilines is 1. The topological polar surface area (TPSA) is 133 Å². The monoisotopic (exact) mass is 438 g/mol. The second-order valence-corrected chi connectivity index (χ2v) is 9.77. The summed E-state index contributed by atoms with van der Waals surface area (Å²) in [6.45, 7) is 2.06. The summed E-state index contributed by atoms with van der Waals surface area (Å²) in [6.07, 6.45) is 1.73. The molecule has 30 heavy (non-hydrogen) atoms. The number of nitrogens with two attached hydrogens (primary N) is 1. The number of nitrogens with zero attached hydrogens (tertiary/aromatic N) is 2. The van der Waals surface area contributed by atoms with Crippen molar-refractivity contribution in [3.8, 4) is 0 Å². The lowest BCUT2D eigenvalue weighted by Gasteiger charge is -2.31. The van der Waals surface area contributed by atoms with Crippen LogP contribution in [0.5, 0.6) is 0 Å². The lowest BCUT2D eigenvalue weighted by atomic mass is 9.98. The highest BCUT2D eigenvalue weighted by Gasteiger charge is 2.30. The number of piperidine rings is 1. The summed E-state index contributed by atoms with van der Waals surface area (Å²) < 4.78 is 27.4. The minimum Gasteiger partial charge on any atom is -0.383 e. The van der Waals surface area contributed by atoms with Crippen molar-refractivity contribution < 1.29 is 23.1 Å². The third-order valence-corrected chi connectivity index (χ3v) is 7.65. The number of rotatable bonds is 8. The van der Waals surface area contributed by atoms with E-state index in [4.69, 9.17) is 5.73 Å². The predicted molar refractivity (Wildman–Crippen MR) is 112 cm³/mol. The Morgan fingerprint density at radius 3 is 2.43 bits per heavy atom. The van der Waals surface area contributed by atoms with Gasteiger partial charge in [-0.15, -0.1) is 0 Å². The maximum Gasteiger partial charge on any atom is 0.248 e. The highest BCUT2D eigenvalue weighted by molar-refractivity contribution is 7.89. The Bertz CT molecular complexity index is 850. The first kappa shape index (κ1) is 22.7. The normalized spacial score (nSPS) is 19.8. The van der Waals surface area contributed by atoms with E-state index >= 15 is 0 Å². The Balaban J connectivity index is 1.53. The third kappa shape index (κ3) is 5.18. The van der Waals surface area contributed by atoms with E-state index in [1.807, 2.05) is 0 Å². The minimum absolute atomic E-state index is 0.0651. The average Bonchev–Trinajstić information content (AvgIpc) is 3.18. The number of amides is 2. The van der Waals surface area contributed by atoms with Crippen LogP contribution in [0.3, 0.4) is 0 Å². The summed E-state index contributed by atoms with van der Waals surface area (Å²) in [7, 11) is -3.60. The van der Waals surface area contributed by atoms with Gasteiger partial charge in [-0.2, -0.15) is 4.31 Å². The van der Waals surface area contributed by atoms with Gasteiger partial charge in [0.25, 0.3) is 0 Å². The van der Waals surface area contributed by atoms with Gasteiger partial charge in [0.05, 0.1) is 4.90 Å². The SMILES string of the molecule is NCCC(O)C(=O)NCC1CCN(S(=O)(=O)c2ccc(N3CCCC3=O)cc2)CC1. The van der Waals surface area contributed by atoms with Crippen LogP contribution in [0.15, 0.2) is 29.2 Å². The number of nitrogens with one attached hydrogen (secondary N) is 1. The van der Waals surface area contributed by atoms with Crippen molar-refractivity contribution in [2.24, 2.45) is 11.7 Å². The number of carbonyl (C=O) groups excluding carboxylic acids is 2. The number of hydrogen-bond donors (Lipinski definition) is 3. The quantitative estimate of drug-likeness (QED) is 0.525. The van der Waals surface area contributed by atoms with Crippen LogP contribution in [-0.2, 0) is 19.6 Å². The lowest BCUT2D eigenvalue weighted by molar-refractivity contribution is -0.129. The molecule has 1 atom stereocenters. The standard InChI is InChI=1S/C20H30N4O5S/c21-10-7-18(25)20(27)22-14-15-8-12-23(13-9-15)30(28,29)17-5-3-16(4-6-17)24-11-1-2-19(24)26/h3-6,15,18,25H,1-2,7-14,21H2,(H,22,27). The van der Waals surface area contributed by atoms with Crippen LogP contribution in [0.2, 0.25) is 0 Å². The third-order valence-electron chi connectivity index (χ3n) is 5.74. The molecule has 166 valence electrons. The molecule has 0 aliphatic carbocycles. The number of aliphatic hydroxyl groups excluding tert-OH is 1. The Morgan fingerprint density at radius 1 is 1.20 bits per heavy atom. The van der Waals surface area contributed by atoms with Gasteiger partial charge in [-0.3, -0.25) is 9.59 Å². The van der Waals surface area contributed by atoms with Gasteiger partial charge in [-0.1, -0.05) is 0 Å². The number of sulfonamides is 1. The van der Waals surface area contributed by atoms with Crippen LogP contribution < -0.4 is 16.0 Å². The van der Waals surface area contributed by atoms with Gasteiger partial charge >= 0.3 is 0 Å². The van der Waals surface area contributed by atoms with Gasteiger partial charge in [0.1, 0.15) is 6.10 Å². The highest BCUT2D eigenvalue weighted by atomic mass is 32.2. The molecule has 0 saturated carbocycles. The van der Waals surface area contributed by atoms with Crippen molar-refractivity contribution >= 4 is 27.5 Å². The van der Waals surface area contributed by atoms with E-state index in [2.05, 4.69) is 5.32 Å². The fourth-order valence-corrected chi connectivity index (χ4v) is 5.34. The summed E-state index contributed by atoms with van der Waals surface area (Å²) in [5.41, 5.74) is 6.06. The molecular formula is C20H30N4O5S. The van der Waals surface area contributed by atoms with Crippen LogP contribution >= 0.6 is 0 Å². The van der Waals surface area contributed by atoms with Gasteiger partial charge < -0.3 is 21.1 Å². The lowest BCUT2D eigenvalue weighted by Crippen LogP contribution is -2.43. The molecular weight excluding hydrogens is 408 g/mol. The molecule has 0 radical (unpaired) electrons. The van der Waals surface area contributed by atoms with Crippen molar-refractivity contribution in [3.05, 3.63) is 24.3 Å². The Labute approximate surface area is 177 Å². The second kappa shape index (κ2) is 9.86. The zero-order chi connectivity index (χ0) is 21.7. The average molecular weight is 439 g/mol. The molecule has 2 aliphatic rings. The van der Waals surface area contributed by atoms with Crippen molar-refractivity contribution in [1.82, 2.24) is 9.62 Å². The largest absolute Gasteiger partial charge is 0.383 e. The van der Waals surface area contributed by atoms with Crippen molar-refractivity contribution in [1.29, 1.82) is 0 Å². The molecule has 0 bridgehead atoms. The summed E-state index contributed by atoms with van der Waals surface area (Å²) in [5.74, 6) is -0.212. The fraction of sp³-hybridized carbons (Fsp3) is 0.600. The summed E-state index contributed by atoms with van der Waals surface area (Å²) in [6, 6.07) is 6.49. The first-order chi connectivity index (χ1) is 14.3. The molecule has 2 amide bonds. The molecule has 2 heterocycles. The van der Waals surface area contributed by atoms with E-state index in [-0.39, 0.29) is 29.7 Å². The van der Waals surface area contributed by atoms with E-state index in [1.54, 1.807) is 29.2 Å². The molecule has 10 heteroatoms. The molecule has 3 rings (SSSR count). The summed E-state index contributed by atoms with van der Waals surface area (Å²) in [4.78, 5) is 25.5. The van der Waals surface area contributed by atoms with E-state index in [9.17, 15) is 23.1 Å². The smallest absolute Gasteiger partial charge is 0.248 e. The minimum atomic E-state index is -3.60.